The van der Waals surface area contributed by atoms with Crippen molar-refractivity contribution in [3.63, 3.8) is 0 Å². The first-order valence-electron chi connectivity index (χ1n) is 8.24. The zero-order valence-electron chi connectivity index (χ0n) is 15.2. The van der Waals surface area contributed by atoms with Crippen molar-refractivity contribution < 1.29 is 23.1 Å². The number of aromatic nitrogens is 4. The van der Waals surface area contributed by atoms with Gasteiger partial charge in [-0.15, -0.1) is 5.92 Å². The summed E-state index contributed by atoms with van der Waals surface area (Å²) in [5.74, 6) is 3.96. The number of aliphatic carboxylic acids is 1. The molecule has 3 rings (SSSR count). The third kappa shape index (κ3) is 4.80. The zero-order valence-corrected chi connectivity index (χ0v) is 15.2. The van der Waals surface area contributed by atoms with Crippen molar-refractivity contribution in [2.24, 2.45) is 7.05 Å². The number of carboxylic acid groups (broad SMARTS) is 1. The van der Waals surface area contributed by atoms with E-state index in [0.717, 1.165) is 32.1 Å². The quantitative estimate of drug-likeness (QED) is 0.694. The molecule has 1 aliphatic rings. The van der Waals surface area contributed by atoms with E-state index in [1.807, 2.05) is 4.57 Å². The Bertz CT molecular complexity index is 964. The van der Waals surface area contributed by atoms with Crippen LogP contribution in [0.5, 0.6) is 0 Å². The Labute approximate surface area is 157 Å². The standard InChI is InChI=1S/C14H18N6O.C2HF3O2/c1-3-4-7-20-12-11(10-16-18(2)13(12)21)17-14(20)19-8-5-15-6-9-19;3-2(4,5)1(6)7/h10,15H,5-9H2,1-2H3;(H,6,7). The Hall–Kier alpha value is -3.07. The van der Waals surface area contributed by atoms with E-state index < -0.39 is 12.1 Å². The van der Waals surface area contributed by atoms with Crippen molar-refractivity contribution in [3.05, 3.63) is 16.6 Å². The van der Waals surface area contributed by atoms with Crippen LogP contribution in [-0.2, 0) is 18.4 Å². The number of nitrogens with one attached hydrogen (secondary N) is 1. The topological polar surface area (TPSA) is 105 Å². The molecule has 28 heavy (non-hydrogen) atoms. The van der Waals surface area contributed by atoms with Crippen LogP contribution in [-0.4, -0.2) is 62.8 Å². The summed E-state index contributed by atoms with van der Waals surface area (Å²) in [6.45, 7) is 5.83. The maximum atomic E-state index is 12.4. The van der Waals surface area contributed by atoms with E-state index >= 15 is 0 Å². The smallest absolute Gasteiger partial charge is 0.475 e. The summed E-state index contributed by atoms with van der Waals surface area (Å²) in [4.78, 5) is 28.1. The number of rotatable bonds is 2. The van der Waals surface area contributed by atoms with E-state index in [-0.39, 0.29) is 5.56 Å². The maximum Gasteiger partial charge on any atom is 0.490 e. The molecule has 0 aromatic carbocycles. The van der Waals surface area contributed by atoms with Crippen LogP contribution in [0, 0.1) is 11.8 Å². The Morgan fingerprint density at radius 2 is 1.96 bits per heavy atom. The minimum atomic E-state index is -5.08. The lowest BCUT2D eigenvalue weighted by molar-refractivity contribution is -0.192. The molecule has 0 aliphatic carbocycles. The highest BCUT2D eigenvalue weighted by molar-refractivity contribution is 5.77. The minimum absolute atomic E-state index is 0.140. The van der Waals surface area contributed by atoms with Gasteiger partial charge in [0.25, 0.3) is 5.56 Å². The molecule has 0 atom stereocenters. The molecule has 0 radical (unpaired) electrons. The van der Waals surface area contributed by atoms with Crippen LogP contribution < -0.4 is 15.8 Å². The van der Waals surface area contributed by atoms with Gasteiger partial charge < -0.3 is 15.3 Å². The molecule has 0 amide bonds. The maximum absolute atomic E-state index is 12.4. The largest absolute Gasteiger partial charge is 0.490 e. The normalized spacial score (nSPS) is 14.1. The fourth-order valence-corrected chi connectivity index (χ4v) is 2.54. The molecule has 152 valence electrons. The van der Waals surface area contributed by atoms with Gasteiger partial charge in [-0.25, -0.2) is 14.5 Å². The number of imidazole rings is 1. The summed E-state index contributed by atoms with van der Waals surface area (Å²) < 4.78 is 35.0. The van der Waals surface area contributed by atoms with Crippen molar-refractivity contribution in [2.75, 3.05) is 31.1 Å². The second kappa shape index (κ2) is 8.75. The molecule has 9 nitrogen and oxygen atoms in total. The van der Waals surface area contributed by atoms with Gasteiger partial charge in [0, 0.05) is 33.2 Å². The predicted octanol–water partition coefficient (Wildman–Crippen LogP) is 0.196. The van der Waals surface area contributed by atoms with Gasteiger partial charge in [0.05, 0.1) is 12.7 Å². The third-order valence-corrected chi connectivity index (χ3v) is 3.88. The Morgan fingerprint density at radius 1 is 1.36 bits per heavy atom. The van der Waals surface area contributed by atoms with Crippen LogP contribution in [0.2, 0.25) is 0 Å². The number of aryl methyl sites for hydroxylation is 1. The van der Waals surface area contributed by atoms with Crippen molar-refractivity contribution in [3.8, 4) is 11.8 Å². The molecule has 0 bridgehead atoms. The molecule has 2 N–H and O–H groups in total. The molecular formula is C16H19F3N6O3. The number of halogens is 3. The zero-order chi connectivity index (χ0) is 20.9. The first-order chi connectivity index (χ1) is 13.2. The van der Waals surface area contributed by atoms with Crippen LogP contribution in [0.3, 0.4) is 0 Å². The number of fused-ring (bicyclic) bond motifs is 1. The van der Waals surface area contributed by atoms with E-state index in [4.69, 9.17) is 9.90 Å². The highest BCUT2D eigenvalue weighted by atomic mass is 19.4. The second-order valence-corrected chi connectivity index (χ2v) is 5.77. The molecule has 12 heteroatoms. The third-order valence-electron chi connectivity index (χ3n) is 3.88. The van der Waals surface area contributed by atoms with Crippen molar-refractivity contribution >= 4 is 23.0 Å². The lowest BCUT2D eigenvalue weighted by atomic mass is 10.4. The number of anilines is 1. The molecule has 2 aromatic heterocycles. The summed E-state index contributed by atoms with van der Waals surface area (Å²) in [5.41, 5.74) is 1.06. The molecular weight excluding hydrogens is 381 g/mol. The number of nitrogens with zero attached hydrogens (tertiary/aromatic N) is 5. The van der Waals surface area contributed by atoms with Crippen molar-refractivity contribution in [1.82, 2.24) is 24.6 Å². The van der Waals surface area contributed by atoms with E-state index in [1.54, 1.807) is 20.2 Å². The van der Waals surface area contributed by atoms with Gasteiger partial charge in [-0.05, 0) is 6.92 Å². The summed E-state index contributed by atoms with van der Waals surface area (Å²) in [6, 6.07) is 0. The fourth-order valence-electron chi connectivity index (χ4n) is 2.54. The SMILES string of the molecule is CC#CCn1c(N2CCNCC2)nc2cnn(C)c(=O)c21.O=C(O)C(F)(F)F. The number of carbonyl (C=O) groups is 1. The van der Waals surface area contributed by atoms with Gasteiger partial charge in [0.15, 0.2) is 0 Å². The molecule has 0 unspecified atom stereocenters. The second-order valence-electron chi connectivity index (χ2n) is 5.77. The Morgan fingerprint density at radius 3 is 2.50 bits per heavy atom. The monoisotopic (exact) mass is 400 g/mol. The summed E-state index contributed by atoms with van der Waals surface area (Å²) in [7, 11) is 1.65. The van der Waals surface area contributed by atoms with Gasteiger partial charge >= 0.3 is 12.1 Å². The molecule has 1 aliphatic heterocycles. The van der Waals surface area contributed by atoms with Crippen LogP contribution in [0.15, 0.2) is 11.0 Å². The van der Waals surface area contributed by atoms with Crippen LogP contribution in [0.1, 0.15) is 6.92 Å². The molecule has 1 fully saturated rings. The first-order valence-corrected chi connectivity index (χ1v) is 8.24. The van der Waals surface area contributed by atoms with Crippen LogP contribution >= 0.6 is 0 Å². The van der Waals surface area contributed by atoms with Crippen LogP contribution in [0.25, 0.3) is 11.0 Å². The molecule has 1 saturated heterocycles. The lowest BCUT2D eigenvalue weighted by Gasteiger charge is -2.28. The first kappa shape index (κ1) is 21.2. The predicted molar refractivity (Wildman–Crippen MR) is 95.0 cm³/mol. The highest BCUT2D eigenvalue weighted by Gasteiger charge is 2.38. The fraction of sp³-hybridized carbons (Fsp3) is 0.500. The van der Waals surface area contributed by atoms with Crippen LogP contribution in [0.4, 0.5) is 19.1 Å². The van der Waals surface area contributed by atoms with Gasteiger partial charge in [-0.1, -0.05) is 5.92 Å². The molecule has 0 spiro atoms. The van der Waals surface area contributed by atoms with Gasteiger partial charge in [0.1, 0.15) is 11.0 Å². The Balaban J connectivity index is 0.000000345. The average molecular weight is 400 g/mol. The minimum Gasteiger partial charge on any atom is -0.475 e. The molecule has 2 aromatic rings. The van der Waals surface area contributed by atoms with Gasteiger partial charge in [-0.3, -0.25) is 9.36 Å². The van der Waals surface area contributed by atoms with Gasteiger partial charge in [-0.2, -0.15) is 18.3 Å². The number of carboxylic acids is 1. The number of piperazine rings is 1. The Kier molecular flexibility index (Phi) is 6.63. The van der Waals surface area contributed by atoms with E-state index in [0.29, 0.717) is 17.6 Å². The van der Waals surface area contributed by atoms with E-state index in [1.165, 1.54) is 4.68 Å². The summed E-state index contributed by atoms with van der Waals surface area (Å²) in [6.07, 6.45) is -3.45. The molecule has 3 heterocycles. The average Bonchev–Trinajstić information content (AvgIpc) is 3.02. The van der Waals surface area contributed by atoms with E-state index in [9.17, 15) is 18.0 Å². The lowest BCUT2D eigenvalue weighted by Crippen LogP contribution is -2.44. The van der Waals surface area contributed by atoms with E-state index in [2.05, 4.69) is 32.1 Å². The summed E-state index contributed by atoms with van der Waals surface area (Å²) >= 11 is 0. The molecule has 0 saturated carbocycles. The number of hydrogen-bond donors (Lipinski definition) is 2. The number of alkyl halides is 3. The number of hydrogen-bond acceptors (Lipinski definition) is 6. The van der Waals surface area contributed by atoms with Crippen molar-refractivity contribution in [1.29, 1.82) is 0 Å². The van der Waals surface area contributed by atoms with Crippen molar-refractivity contribution in [2.45, 2.75) is 19.6 Å². The van der Waals surface area contributed by atoms with Gasteiger partial charge in [0.2, 0.25) is 5.95 Å². The highest BCUT2D eigenvalue weighted by Crippen LogP contribution is 2.20. The summed E-state index contributed by atoms with van der Waals surface area (Å²) in [5, 5.41) is 14.5.